The van der Waals surface area contributed by atoms with E-state index in [-0.39, 0.29) is 18.0 Å². The summed E-state index contributed by atoms with van der Waals surface area (Å²) in [7, 11) is 0. The summed E-state index contributed by atoms with van der Waals surface area (Å²) in [6.07, 6.45) is 6.59. The van der Waals surface area contributed by atoms with Crippen LogP contribution in [-0.4, -0.2) is 33.0 Å². The fourth-order valence-electron chi connectivity index (χ4n) is 3.42. The molecule has 1 saturated carbocycles. The van der Waals surface area contributed by atoms with Crippen LogP contribution in [0.3, 0.4) is 0 Å². The summed E-state index contributed by atoms with van der Waals surface area (Å²) in [6, 6.07) is 7.88. The number of pyridine rings is 1. The average Bonchev–Trinajstić information content (AvgIpc) is 2.70. The summed E-state index contributed by atoms with van der Waals surface area (Å²) in [5.41, 5.74) is 6.85. The smallest absolute Gasteiger partial charge is 0.254 e. The summed E-state index contributed by atoms with van der Waals surface area (Å²) in [5.74, 6) is 0.0877. The summed E-state index contributed by atoms with van der Waals surface area (Å²) in [6.45, 7) is 0. The number of nitrogens with zero attached hydrogens (tertiary/aromatic N) is 3. The van der Waals surface area contributed by atoms with E-state index in [1.54, 1.807) is 30.6 Å². The van der Waals surface area contributed by atoms with Gasteiger partial charge in [0.1, 0.15) is 23.3 Å². The van der Waals surface area contributed by atoms with Crippen molar-refractivity contribution in [2.45, 2.75) is 37.8 Å². The van der Waals surface area contributed by atoms with Crippen LogP contribution in [0.2, 0.25) is 0 Å². The zero-order valence-corrected chi connectivity index (χ0v) is 15.1. The molecule has 1 amide bonds. The molecule has 3 aromatic rings. The number of anilines is 1. The first-order chi connectivity index (χ1) is 13.6. The number of hydrogen-bond donors (Lipinski definition) is 2. The van der Waals surface area contributed by atoms with Crippen LogP contribution < -0.4 is 15.8 Å². The third-order valence-electron chi connectivity index (χ3n) is 4.85. The van der Waals surface area contributed by atoms with Gasteiger partial charge in [-0.15, -0.1) is 0 Å². The van der Waals surface area contributed by atoms with Gasteiger partial charge in [-0.3, -0.25) is 9.78 Å². The van der Waals surface area contributed by atoms with Gasteiger partial charge in [0.25, 0.3) is 5.91 Å². The Labute approximate surface area is 161 Å². The molecule has 3 N–H and O–H groups in total. The lowest BCUT2D eigenvalue weighted by atomic mass is 9.93. The minimum Gasteiger partial charge on any atom is -0.474 e. The SMILES string of the molecule is NC(=O)c1cccnc1OC1CCC(Nc2cnc3cc(F)ccc3n2)CC1. The summed E-state index contributed by atoms with van der Waals surface area (Å²) >= 11 is 0. The van der Waals surface area contributed by atoms with Gasteiger partial charge in [-0.1, -0.05) is 0 Å². The van der Waals surface area contributed by atoms with Gasteiger partial charge in [0, 0.05) is 18.3 Å². The highest BCUT2D eigenvalue weighted by atomic mass is 19.1. The molecule has 1 fully saturated rings. The minimum absolute atomic E-state index is 0.0169. The van der Waals surface area contributed by atoms with Gasteiger partial charge in [0.2, 0.25) is 5.88 Å². The number of halogens is 1. The van der Waals surface area contributed by atoms with E-state index in [0.29, 0.717) is 28.3 Å². The molecule has 1 aromatic carbocycles. The standard InChI is InChI=1S/C20H20FN5O2/c21-12-3-8-16-17(10-12)24-11-18(26-16)25-13-4-6-14(7-5-13)28-20-15(19(22)27)2-1-9-23-20/h1-3,8-11,13-14H,4-7H2,(H2,22,27)(H,25,26). The summed E-state index contributed by atoms with van der Waals surface area (Å²) in [5, 5.41) is 3.39. The van der Waals surface area contributed by atoms with Crippen molar-refractivity contribution in [3.8, 4) is 5.88 Å². The molecular weight excluding hydrogens is 361 g/mol. The molecule has 0 unspecified atom stereocenters. The maximum Gasteiger partial charge on any atom is 0.254 e. The predicted molar refractivity (Wildman–Crippen MR) is 103 cm³/mol. The number of primary amides is 1. The van der Waals surface area contributed by atoms with Crippen molar-refractivity contribution in [3.05, 3.63) is 54.1 Å². The van der Waals surface area contributed by atoms with Gasteiger partial charge in [0.15, 0.2) is 0 Å². The highest BCUT2D eigenvalue weighted by Gasteiger charge is 2.24. The Kier molecular flexibility index (Phi) is 5.01. The number of hydrogen-bond acceptors (Lipinski definition) is 6. The number of benzene rings is 1. The monoisotopic (exact) mass is 381 g/mol. The second-order valence-corrected chi connectivity index (χ2v) is 6.84. The van der Waals surface area contributed by atoms with Crippen LogP contribution in [0.1, 0.15) is 36.0 Å². The van der Waals surface area contributed by atoms with Crippen LogP contribution in [0, 0.1) is 5.82 Å². The number of amides is 1. The molecule has 0 bridgehead atoms. The zero-order valence-electron chi connectivity index (χ0n) is 15.1. The van der Waals surface area contributed by atoms with E-state index >= 15 is 0 Å². The first-order valence-electron chi connectivity index (χ1n) is 9.19. The molecule has 28 heavy (non-hydrogen) atoms. The first kappa shape index (κ1) is 18.1. The van der Waals surface area contributed by atoms with Gasteiger partial charge >= 0.3 is 0 Å². The lowest BCUT2D eigenvalue weighted by Crippen LogP contribution is -2.32. The highest BCUT2D eigenvalue weighted by Crippen LogP contribution is 2.26. The zero-order chi connectivity index (χ0) is 19.5. The van der Waals surface area contributed by atoms with E-state index in [1.807, 2.05) is 0 Å². The molecule has 0 saturated heterocycles. The van der Waals surface area contributed by atoms with Crippen molar-refractivity contribution >= 4 is 22.8 Å². The Morgan fingerprint density at radius 2 is 1.96 bits per heavy atom. The molecule has 1 aliphatic rings. The van der Waals surface area contributed by atoms with Crippen LogP contribution >= 0.6 is 0 Å². The lowest BCUT2D eigenvalue weighted by Gasteiger charge is -2.29. The Hall–Kier alpha value is -3.29. The van der Waals surface area contributed by atoms with Crippen LogP contribution in [0.5, 0.6) is 5.88 Å². The van der Waals surface area contributed by atoms with Crippen molar-refractivity contribution in [1.82, 2.24) is 15.0 Å². The number of nitrogens with two attached hydrogens (primary N) is 1. The van der Waals surface area contributed by atoms with E-state index in [9.17, 15) is 9.18 Å². The number of nitrogens with one attached hydrogen (secondary N) is 1. The molecule has 2 aromatic heterocycles. The van der Waals surface area contributed by atoms with E-state index in [2.05, 4.69) is 20.3 Å². The third-order valence-corrected chi connectivity index (χ3v) is 4.85. The molecule has 0 spiro atoms. The number of ether oxygens (including phenoxy) is 1. The maximum absolute atomic E-state index is 13.2. The minimum atomic E-state index is -0.548. The van der Waals surface area contributed by atoms with Gasteiger partial charge in [-0.25, -0.2) is 14.4 Å². The molecule has 144 valence electrons. The number of carbonyl (C=O) groups is 1. The average molecular weight is 381 g/mol. The quantitative estimate of drug-likeness (QED) is 0.704. The maximum atomic E-state index is 13.2. The Morgan fingerprint density at radius 3 is 2.75 bits per heavy atom. The Bertz CT molecular complexity index is 1000. The molecule has 1 aliphatic carbocycles. The molecule has 7 nitrogen and oxygen atoms in total. The third kappa shape index (κ3) is 4.00. The topological polar surface area (TPSA) is 103 Å². The number of aromatic nitrogens is 3. The fraction of sp³-hybridized carbons (Fsp3) is 0.300. The van der Waals surface area contributed by atoms with E-state index in [4.69, 9.17) is 10.5 Å². The normalized spacial score (nSPS) is 19.3. The summed E-state index contributed by atoms with van der Waals surface area (Å²) in [4.78, 5) is 24.4. The molecule has 0 atom stereocenters. The van der Waals surface area contributed by atoms with Crippen molar-refractivity contribution in [2.24, 2.45) is 5.73 Å². The largest absolute Gasteiger partial charge is 0.474 e. The fourth-order valence-corrected chi connectivity index (χ4v) is 3.42. The summed E-state index contributed by atoms with van der Waals surface area (Å²) < 4.78 is 19.2. The van der Waals surface area contributed by atoms with E-state index < -0.39 is 5.91 Å². The molecule has 0 radical (unpaired) electrons. The molecule has 0 aliphatic heterocycles. The van der Waals surface area contributed by atoms with Crippen molar-refractivity contribution in [2.75, 3.05) is 5.32 Å². The van der Waals surface area contributed by atoms with Gasteiger partial charge < -0.3 is 15.8 Å². The van der Waals surface area contributed by atoms with Crippen molar-refractivity contribution in [3.63, 3.8) is 0 Å². The number of rotatable bonds is 5. The van der Waals surface area contributed by atoms with E-state index in [1.165, 1.54) is 12.1 Å². The Balaban J connectivity index is 1.36. The first-order valence-corrected chi connectivity index (χ1v) is 9.19. The van der Waals surface area contributed by atoms with Crippen molar-refractivity contribution in [1.29, 1.82) is 0 Å². The second-order valence-electron chi connectivity index (χ2n) is 6.84. The van der Waals surface area contributed by atoms with Crippen LogP contribution in [-0.2, 0) is 0 Å². The van der Waals surface area contributed by atoms with E-state index in [0.717, 1.165) is 25.7 Å². The van der Waals surface area contributed by atoms with Gasteiger partial charge in [-0.05, 0) is 49.9 Å². The number of fused-ring (bicyclic) bond motifs is 1. The highest BCUT2D eigenvalue weighted by molar-refractivity contribution is 5.94. The predicted octanol–water partition coefficient (Wildman–Crippen LogP) is 3.06. The number of carbonyl (C=O) groups excluding carboxylic acids is 1. The van der Waals surface area contributed by atoms with Gasteiger partial charge in [-0.2, -0.15) is 0 Å². The van der Waals surface area contributed by atoms with Gasteiger partial charge in [0.05, 0.1) is 17.2 Å². The Morgan fingerprint density at radius 1 is 1.14 bits per heavy atom. The van der Waals surface area contributed by atoms with Crippen LogP contribution in [0.15, 0.2) is 42.7 Å². The second kappa shape index (κ2) is 7.75. The molecular formula is C20H20FN5O2. The van der Waals surface area contributed by atoms with Crippen LogP contribution in [0.4, 0.5) is 10.2 Å². The lowest BCUT2D eigenvalue weighted by molar-refractivity contribution is 0.0983. The molecule has 4 rings (SSSR count). The molecule has 2 heterocycles. The molecule has 8 heteroatoms. The van der Waals surface area contributed by atoms with Crippen LogP contribution in [0.25, 0.3) is 11.0 Å². The van der Waals surface area contributed by atoms with Crippen molar-refractivity contribution < 1.29 is 13.9 Å².